The number of carbonyl (C=O) groups excluding carboxylic acids is 1. The van der Waals surface area contributed by atoms with Crippen molar-refractivity contribution < 1.29 is 19.0 Å². The molecular weight excluding hydrogens is 284 g/mol. The lowest BCUT2D eigenvalue weighted by atomic mass is 10.1. The van der Waals surface area contributed by atoms with E-state index in [2.05, 4.69) is 5.10 Å². The van der Waals surface area contributed by atoms with Crippen LogP contribution in [0.3, 0.4) is 0 Å². The Labute approximate surface area is 128 Å². The predicted molar refractivity (Wildman–Crippen MR) is 82.7 cm³/mol. The van der Waals surface area contributed by atoms with Gasteiger partial charge in [0, 0.05) is 24.9 Å². The number of ether oxygens (including phenoxy) is 3. The van der Waals surface area contributed by atoms with Crippen molar-refractivity contribution >= 4 is 11.9 Å². The minimum absolute atomic E-state index is 0.183. The zero-order valence-corrected chi connectivity index (χ0v) is 13.0. The largest absolute Gasteiger partial charge is 0.496 e. The van der Waals surface area contributed by atoms with Crippen molar-refractivity contribution in [2.75, 3.05) is 21.3 Å². The highest BCUT2D eigenvalue weighted by Gasteiger charge is 2.11. The Balaban J connectivity index is 2.31. The number of hydrogen-bond acceptors (Lipinski definition) is 5. The number of ketones is 1. The van der Waals surface area contributed by atoms with Gasteiger partial charge in [-0.3, -0.25) is 9.48 Å². The average molecular weight is 302 g/mol. The molecule has 0 saturated carbocycles. The predicted octanol–water partition coefficient (Wildman–Crippen LogP) is 2.34. The summed E-state index contributed by atoms with van der Waals surface area (Å²) < 4.78 is 17.4. The summed E-state index contributed by atoms with van der Waals surface area (Å²) in [7, 11) is 6.42. The molecule has 0 aliphatic rings. The van der Waals surface area contributed by atoms with Crippen molar-refractivity contribution in [2.45, 2.75) is 0 Å². The summed E-state index contributed by atoms with van der Waals surface area (Å²) in [5.41, 5.74) is 1.10. The van der Waals surface area contributed by atoms with Crippen LogP contribution in [0.1, 0.15) is 16.1 Å². The third-order valence-corrected chi connectivity index (χ3v) is 3.12. The molecule has 2 aromatic rings. The molecule has 0 unspecified atom stereocenters. The minimum Gasteiger partial charge on any atom is -0.496 e. The van der Waals surface area contributed by atoms with Gasteiger partial charge in [-0.25, -0.2) is 0 Å². The molecule has 6 heteroatoms. The number of benzene rings is 1. The first-order chi connectivity index (χ1) is 10.6. The van der Waals surface area contributed by atoms with Crippen molar-refractivity contribution in [1.82, 2.24) is 9.78 Å². The zero-order chi connectivity index (χ0) is 16.1. The number of nitrogens with zero attached hydrogens (tertiary/aromatic N) is 2. The summed E-state index contributed by atoms with van der Waals surface area (Å²) >= 11 is 0. The molecule has 0 spiro atoms. The van der Waals surface area contributed by atoms with E-state index in [1.54, 1.807) is 63.5 Å². The van der Waals surface area contributed by atoms with Crippen LogP contribution < -0.4 is 14.2 Å². The Bertz CT molecular complexity index is 704. The van der Waals surface area contributed by atoms with Crippen molar-refractivity contribution in [3.63, 3.8) is 0 Å². The second-order valence-electron chi connectivity index (χ2n) is 4.52. The Morgan fingerprint density at radius 3 is 2.27 bits per heavy atom. The fourth-order valence-corrected chi connectivity index (χ4v) is 1.98. The first-order valence-corrected chi connectivity index (χ1v) is 6.61. The van der Waals surface area contributed by atoms with Gasteiger partial charge in [0.25, 0.3) is 0 Å². The SMILES string of the molecule is COc1cc(OC)c(OC)cc1/C=C/C(=O)c1ccn(C)n1. The van der Waals surface area contributed by atoms with E-state index in [9.17, 15) is 4.79 Å². The van der Waals surface area contributed by atoms with Crippen LogP contribution in [0.25, 0.3) is 6.08 Å². The van der Waals surface area contributed by atoms with Crippen LogP contribution in [-0.4, -0.2) is 36.9 Å². The molecule has 0 N–H and O–H groups in total. The van der Waals surface area contributed by atoms with E-state index in [0.717, 1.165) is 0 Å². The van der Waals surface area contributed by atoms with Gasteiger partial charge in [0.05, 0.1) is 21.3 Å². The highest BCUT2D eigenvalue weighted by Crippen LogP contribution is 2.35. The normalized spacial score (nSPS) is 10.7. The fraction of sp³-hybridized carbons (Fsp3) is 0.250. The van der Waals surface area contributed by atoms with E-state index in [4.69, 9.17) is 14.2 Å². The maximum absolute atomic E-state index is 12.0. The quantitative estimate of drug-likeness (QED) is 0.605. The Morgan fingerprint density at radius 1 is 1.09 bits per heavy atom. The number of methoxy groups -OCH3 is 3. The topological polar surface area (TPSA) is 62.6 Å². The number of aromatic nitrogens is 2. The third kappa shape index (κ3) is 3.28. The molecule has 116 valence electrons. The molecule has 1 aromatic carbocycles. The van der Waals surface area contributed by atoms with Crippen LogP contribution in [0.5, 0.6) is 17.2 Å². The number of carbonyl (C=O) groups is 1. The van der Waals surface area contributed by atoms with Crippen molar-refractivity contribution in [3.05, 3.63) is 41.7 Å². The monoisotopic (exact) mass is 302 g/mol. The lowest BCUT2D eigenvalue weighted by Crippen LogP contribution is -1.98. The summed E-state index contributed by atoms with van der Waals surface area (Å²) in [5, 5.41) is 4.07. The highest BCUT2D eigenvalue weighted by atomic mass is 16.5. The molecule has 1 heterocycles. The molecule has 0 fully saturated rings. The molecule has 6 nitrogen and oxygen atoms in total. The molecule has 1 aromatic heterocycles. The van der Waals surface area contributed by atoms with Gasteiger partial charge in [-0.1, -0.05) is 0 Å². The van der Waals surface area contributed by atoms with Crippen molar-refractivity contribution in [3.8, 4) is 17.2 Å². The van der Waals surface area contributed by atoms with Crippen LogP contribution in [-0.2, 0) is 7.05 Å². The third-order valence-electron chi connectivity index (χ3n) is 3.12. The van der Waals surface area contributed by atoms with E-state index in [-0.39, 0.29) is 5.78 Å². The Kier molecular flexibility index (Phi) is 4.83. The molecule has 0 atom stereocenters. The molecule has 2 rings (SSSR count). The summed E-state index contributed by atoms with van der Waals surface area (Å²) in [4.78, 5) is 12.0. The van der Waals surface area contributed by atoms with Gasteiger partial charge in [-0.05, 0) is 24.3 Å². The first kappa shape index (κ1) is 15.6. The summed E-state index contributed by atoms with van der Waals surface area (Å²) in [6.45, 7) is 0. The lowest BCUT2D eigenvalue weighted by Gasteiger charge is -2.12. The van der Waals surface area contributed by atoms with Crippen LogP contribution in [0.4, 0.5) is 0 Å². The van der Waals surface area contributed by atoms with E-state index in [0.29, 0.717) is 28.5 Å². The van der Waals surface area contributed by atoms with Gasteiger partial charge in [0.2, 0.25) is 5.78 Å². The Hall–Kier alpha value is -2.76. The maximum atomic E-state index is 12.0. The number of hydrogen-bond donors (Lipinski definition) is 0. The lowest BCUT2D eigenvalue weighted by molar-refractivity contribution is 0.104. The summed E-state index contributed by atoms with van der Waals surface area (Å²) in [6.07, 6.45) is 4.84. The van der Waals surface area contributed by atoms with E-state index >= 15 is 0 Å². The van der Waals surface area contributed by atoms with Crippen molar-refractivity contribution in [1.29, 1.82) is 0 Å². The molecule has 0 amide bonds. The molecule has 0 bridgehead atoms. The number of allylic oxidation sites excluding steroid dienone is 1. The fourth-order valence-electron chi connectivity index (χ4n) is 1.98. The minimum atomic E-state index is -0.183. The van der Waals surface area contributed by atoms with Gasteiger partial charge in [0.1, 0.15) is 11.4 Å². The van der Waals surface area contributed by atoms with Crippen LogP contribution in [0, 0.1) is 0 Å². The molecule has 0 radical (unpaired) electrons. The van der Waals surface area contributed by atoms with E-state index in [1.807, 2.05) is 0 Å². The van der Waals surface area contributed by atoms with Crippen LogP contribution >= 0.6 is 0 Å². The zero-order valence-electron chi connectivity index (χ0n) is 13.0. The first-order valence-electron chi connectivity index (χ1n) is 6.61. The average Bonchev–Trinajstić information content (AvgIpc) is 2.98. The highest BCUT2D eigenvalue weighted by molar-refractivity contribution is 6.05. The van der Waals surface area contributed by atoms with Crippen molar-refractivity contribution in [2.24, 2.45) is 7.05 Å². The molecular formula is C16H18N2O4. The summed E-state index contributed by atoms with van der Waals surface area (Å²) in [6, 6.07) is 5.13. The van der Waals surface area contributed by atoms with E-state index in [1.165, 1.54) is 6.08 Å². The second-order valence-corrected chi connectivity index (χ2v) is 4.52. The van der Waals surface area contributed by atoms with Gasteiger partial charge in [-0.2, -0.15) is 5.10 Å². The number of aryl methyl sites for hydroxylation is 1. The molecule has 0 aliphatic heterocycles. The van der Waals surface area contributed by atoms with Gasteiger partial charge in [-0.15, -0.1) is 0 Å². The maximum Gasteiger partial charge on any atom is 0.206 e. The van der Waals surface area contributed by atoms with Crippen LogP contribution in [0.2, 0.25) is 0 Å². The molecule has 0 saturated heterocycles. The standard InChI is InChI=1S/C16H18N2O4/c1-18-8-7-12(17-18)13(19)6-5-11-9-15(21-3)16(22-4)10-14(11)20-2/h5-10H,1-4H3/b6-5+. The van der Waals surface area contributed by atoms with Gasteiger partial charge in [0.15, 0.2) is 11.5 Å². The number of rotatable bonds is 6. The van der Waals surface area contributed by atoms with Crippen LogP contribution in [0.15, 0.2) is 30.5 Å². The second kappa shape index (κ2) is 6.80. The molecule has 22 heavy (non-hydrogen) atoms. The smallest absolute Gasteiger partial charge is 0.206 e. The summed E-state index contributed by atoms with van der Waals surface area (Å²) in [5.74, 6) is 1.53. The molecule has 0 aliphatic carbocycles. The van der Waals surface area contributed by atoms with Gasteiger partial charge < -0.3 is 14.2 Å². The van der Waals surface area contributed by atoms with E-state index < -0.39 is 0 Å². The van der Waals surface area contributed by atoms with Gasteiger partial charge >= 0.3 is 0 Å². The Morgan fingerprint density at radius 2 is 1.73 bits per heavy atom.